The number of carbonyl (C=O) groups excluding carboxylic acids is 2. The maximum absolute atomic E-state index is 12.4. The topological polar surface area (TPSA) is 72.8 Å². The van der Waals surface area contributed by atoms with Crippen LogP contribution >= 0.6 is 0 Å². The van der Waals surface area contributed by atoms with Gasteiger partial charge in [0, 0.05) is 18.3 Å². The van der Waals surface area contributed by atoms with Crippen molar-refractivity contribution in [3.63, 3.8) is 0 Å². The van der Waals surface area contributed by atoms with E-state index >= 15 is 0 Å². The van der Waals surface area contributed by atoms with Crippen LogP contribution in [0.4, 0.5) is 0 Å². The second-order valence-electron chi connectivity index (χ2n) is 7.11. The van der Waals surface area contributed by atoms with E-state index in [1.54, 1.807) is 30.3 Å². The van der Waals surface area contributed by atoms with E-state index in [2.05, 4.69) is 6.92 Å². The van der Waals surface area contributed by atoms with Gasteiger partial charge in [0.15, 0.2) is 0 Å². The summed E-state index contributed by atoms with van der Waals surface area (Å²) in [5.74, 6) is -0.675. The van der Waals surface area contributed by atoms with E-state index in [4.69, 9.17) is 9.47 Å². The lowest BCUT2D eigenvalue weighted by Crippen LogP contribution is -2.25. The van der Waals surface area contributed by atoms with Gasteiger partial charge in [-0.1, -0.05) is 50.1 Å². The third-order valence-electron chi connectivity index (χ3n) is 5.23. The van der Waals surface area contributed by atoms with Crippen molar-refractivity contribution in [2.75, 3.05) is 0 Å². The van der Waals surface area contributed by atoms with Crippen molar-refractivity contribution in [1.82, 2.24) is 0 Å². The second-order valence-corrected chi connectivity index (χ2v) is 7.11. The predicted molar refractivity (Wildman–Crippen MR) is 96.4 cm³/mol. The molecule has 3 rings (SSSR count). The number of hydrogen-bond acceptors (Lipinski definition) is 5. The average molecular weight is 358 g/mol. The highest BCUT2D eigenvalue weighted by molar-refractivity contribution is 5.89. The lowest BCUT2D eigenvalue weighted by molar-refractivity contribution is -0.141. The van der Waals surface area contributed by atoms with E-state index in [-0.39, 0.29) is 36.0 Å². The molecule has 1 saturated carbocycles. The van der Waals surface area contributed by atoms with Crippen LogP contribution in [-0.4, -0.2) is 35.4 Å². The Morgan fingerprint density at radius 3 is 2.88 bits per heavy atom. The molecular formula is C21H26O5. The lowest BCUT2D eigenvalue weighted by Gasteiger charge is -2.20. The first-order valence-electron chi connectivity index (χ1n) is 9.40. The van der Waals surface area contributed by atoms with Gasteiger partial charge in [-0.3, -0.25) is 4.79 Å². The number of benzene rings is 1. The SMILES string of the molecule is CCCC[C@H](O)/C=C/[C@@H]1[C@H]2CC(=O)O[C@H]2C[C@H]1OC(=O)c1ccccc1. The number of unbranched alkanes of at least 4 members (excludes halogenated alkanes) is 1. The van der Waals surface area contributed by atoms with E-state index in [0.29, 0.717) is 24.8 Å². The van der Waals surface area contributed by atoms with Gasteiger partial charge in [0.2, 0.25) is 0 Å². The molecule has 0 unspecified atom stereocenters. The first-order chi connectivity index (χ1) is 12.6. The van der Waals surface area contributed by atoms with E-state index in [9.17, 15) is 14.7 Å². The summed E-state index contributed by atoms with van der Waals surface area (Å²) in [6, 6.07) is 8.88. The lowest BCUT2D eigenvalue weighted by atomic mass is 9.91. The highest BCUT2D eigenvalue weighted by atomic mass is 16.6. The predicted octanol–water partition coefficient (Wildman–Crippen LogP) is 3.27. The van der Waals surface area contributed by atoms with Gasteiger partial charge >= 0.3 is 11.9 Å². The van der Waals surface area contributed by atoms with Crippen LogP contribution in [0.3, 0.4) is 0 Å². The number of carbonyl (C=O) groups is 2. The number of aliphatic hydroxyl groups is 1. The number of aliphatic hydroxyl groups excluding tert-OH is 1. The van der Waals surface area contributed by atoms with Crippen molar-refractivity contribution in [1.29, 1.82) is 0 Å². The molecule has 1 saturated heterocycles. The fraction of sp³-hybridized carbons (Fsp3) is 0.524. The molecule has 0 bridgehead atoms. The van der Waals surface area contributed by atoms with Crippen LogP contribution in [0.2, 0.25) is 0 Å². The van der Waals surface area contributed by atoms with Crippen LogP contribution in [-0.2, 0) is 14.3 Å². The number of fused-ring (bicyclic) bond motifs is 1. The fourth-order valence-corrected chi connectivity index (χ4v) is 3.84. The van der Waals surface area contributed by atoms with Crippen molar-refractivity contribution in [3.05, 3.63) is 48.0 Å². The summed E-state index contributed by atoms with van der Waals surface area (Å²) in [6.07, 6.45) is 6.15. The Kier molecular flexibility index (Phi) is 6.09. The van der Waals surface area contributed by atoms with Crippen LogP contribution in [0.5, 0.6) is 0 Å². The zero-order valence-electron chi connectivity index (χ0n) is 15.0. The molecule has 1 heterocycles. The molecule has 1 aromatic carbocycles. The Balaban J connectivity index is 1.70. The first-order valence-corrected chi connectivity index (χ1v) is 9.40. The van der Waals surface area contributed by atoms with Crippen molar-refractivity contribution < 1.29 is 24.2 Å². The molecule has 0 aromatic heterocycles. The van der Waals surface area contributed by atoms with Gasteiger partial charge in [0.25, 0.3) is 0 Å². The number of rotatable bonds is 7. The smallest absolute Gasteiger partial charge is 0.338 e. The molecule has 140 valence electrons. The van der Waals surface area contributed by atoms with E-state index in [0.717, 1.165) is 12.8 Å². The Hall–Kier alpha value is -2.14. The molecule has 0 spiro atoms. The van der Waals surface area contributed by atoms with Gasteiger partial charge in [0.1, 0.15) is 12.2 Å². The summed E-state index contributed by atoms with van der Waals surface area (Å²) in [4.78, 5) is 24.0. The first kappa shape index (κ1) is 18.6. The summed E-state index contributed by atoms with van der Waals surface area (Å²) < 4.78 is 11.1. The molecule has 5 heteroatoms. The molecule has 1 aliphatic carbocycles. The third-order valence-corrected chi connectivity index (χ3v) is 5.23. The summed E-state index contributed by atoms with van der Waals surface area (Å²) in [6.45, 7) is 2.08. The van der Waals surface area contributed by atoms with Crippen molar-refractivity contribution in [2.45, 2.75) is 57.3 Å². The number of ether oxygens (including phenoxy) is 2. The Bertz CT molecular complexity index is 654. The van der Waals surface area contributed by atoms with Crippen molar-refractivity contribution in [2.24, 2.45) is 11.8 Å². The summed E-state index contributed by atoms with van der Waals surface area (Å²) in [5.41, 5.74) is 0.507. The number of esters is 2. The van der Waals surface area contributed by atoms with Gasteiger partial charge in [-0.25, -0.2) is 4.79 Å². The molecular weight excluding hydrogens is 332 g/mol. The summed E-state index contributed by atoms with van der Waals surface area (Å²) >= 11 is 0. The Morgan fingerprint density at radius 2 is 2.15 bits per heavy atom. The van der Waals surface area contributed by atoms with Gasteiger partial charge in [0.05, 0.1) is 18.1 Å². The number of hydrogen-bond donors (Lipinski definition) is 1. The molecule has 5 atom stereocenters. The largest absolute Gasteiger partial charge is 0.462 e. The zero-order chi connectivity index (χ0) is 18.5. The minimum Gasteiger partial charge on any atom is -0.462 e. The third kappa shape index (κ3) is 4.33. The minimum atomic E-state index is -0.516. The molecule has 1 N–H and O–H groups in total. The van der Waals surface area contributed by atoms with Crippen LogP contribution in [0.25, 0.3) is 0 Å². The standard InChI is InChI=1S/C21H26O5/c1-2-3-9-15(22)10-11-16-17-12-20(23)25-19(17)13-18(16)26-21(24)14-7-5-4-6-8-14/h4-8,10-11,15-19,22H,2-3,9,12-13H2,1H3/b11-10+/t15-,16+,17+,18+,19-/m0/s1. The zero-order valence-corrected chi connectivity index (χ0v) is 15.0. The van der Waals surface area contributed by atoms with E-state index in [1.165, 1.54) is 0 Å². The Labute approximate surface area is 154 Å². The maximum atomic E-state index is 12.4. The monoisotopic (exact) mass is 358 g/mol. The van der Waals surface area contributed by atoms with Gasteiger partial charge in [-0.15, -0.1) is 0 Å². The molecule has 0 amide bonds. The molecule has 5 nitrogen and oxygen atoms in total. The van der Waals surface area contributed by atoms with Crippen molar-refractivity contribution >= 4 is 11.9 Å². The molecule has 1 aromatic rings. The normalized spacial score (nSPS) is 28.8. The summed E-state index contributed by atoms with van der Waals surface area (Å²) in [7, 11) is 0. The second kappa shape index (κ2) is 8.49. The average Bonchev–Trinajstić information content (AvgIpc) is 3.14. The van der Waals surface area contributed by atoms with Gasteiger partial charge in [-0.2, -0.15) is 0 Å². The minimum absolute atomic E-state index is 0.00528. The van der Waals surface area contributed by atoms with Crippen LogP contribution < -0.4 is 0 Å². The molecule has 2 fully saturated rings. The van der Waals surface area contributed by atoms with Gasteiger partial charge < -0.3 is 14.6 Å². The highest BCUT2D eigenvalue weighted by Gasteiger charge is 2.50. The van der Waals surface area contributed by atoms with Crippen LogP contribution in [0, 0.1) is 11.8 Å². The van der Waals surface area contributed by atoms with Crippen molar-refractivity contribution in [3.8, 4) is 0 Å². The highest BCUT2D eigenvalue weighted by Crippen LogP contribution is 2.43. The molecule has 0 radical (unpaired) electrons. The van der Waals surface area contributed by atoms with E-state index in [1.807, 2.05) is 12.1 Å². The fourth-order valence-electron chi connectivity index (χ4n) is 3.84. The quantitative estimate of drug-likeness (QED) is 0.598. The maximum Gasteiger partial charge on any atom is 0.338 e. The molecule has 2 aliphatic rings. The van der Waals surface area contributed by atoms with E-state index < -0.39 is 6.10 Å². The molecule has 26 heavy (non-hydrogen) atoms. The van der Waals surface area contributed by atoms with Crippen LogP contribution in [0.1, 0.15) is 49.4 Å². The summed E-state index contributed by atoms with van der Waals surface area (Å²) in [5, 5.41) is 10.1. The van der Waals surface area contributed by atoms with Crippen LogP contribution in [0.15, 0.2) is 42.5 Å². The van der Waals surface area contributed by atoms with Gasteiger partial charge in [-0.05, 0) is 18.6 Å². The molecule has 1 aliphatic heterocycles. The Morgan fingerprint density at radius 1 is 1.38 bits per heavy atom.